The van der Waals surface area contributed by atoms with Crippen molar-refractivity contribution in [2.45, 2.75) is 19.1 Å². The van der Waals surface area contributed by atoms with Crippen LogP contribution in [0, 0.1) is 0 Å². The van der Waals surface area contributed by atoms with E-state index in [0.29, 0.717) is 24.6 Å². The largest absolute Gasteiger partial charge is 0.478 e. The summed E-state index contributed by atoms with van der Waals surface area (Å²) in [6.45, 7) is 0.708. The zero-order chi connectivity index (χ0) is 12.6. The highest BCUT2D eigenvalue weighted by molar-refractivity contribution is 5.90. The number of halogens is 3. The van der Waals surface area contributed by atoms with Gasteiger partial charge in [-0.3, -0.25) is 0 Å². The number of hydrogen-bond donors (Lipinski definition) is 2. The summed E-state index contributed by atoms with van der Waals surface area (Å²) in [6, 6.07) is 0.604. The number of carboxylic acids is 1. The lowest BCUT2D eigenvalue weighted by Gasteiger charge is -2.19. The Morgan fingerprint density at radius 3 is 2.76 bits per heavy atom. The second kappa shape index (κ2) is 3.99. The van der Waals surface area contributed by atoms with E-state index in [1.54, 1.807) is 0 Å². The third-order valence-electron chi connectivity index (χ3n) is 2.57. The minimum Gasteiger partial charge on any atom is -0.478 e. The Bertz CT molecular complexity index is 471. The third-order valence-corrected chi connectivity index (χ3v) is 2.57. The van der Waals surface area contributed by atoms with E-state index in [9.17, 15) is 18.0 Å². The summed E-state index contributed by atoms with van der Waals surface area (Å²) in [5, 5.41) is 11.8. The molecular formula is C10H9F3N2O2. The molecule has 1 aliphatic heterocycles. The minimum absolute atomic E-state index is 0.166. The molecule has 1 aromatic heterocycles. The van der Waals surface area contributed by atoms with Crippen LogP contribution in [0.4, 0.5) is 13.2 Å². The molecule has 2 N–H and O–H groups in total. The van der Waals surface area contributed by atoms with Gasteiger partial charge in [0, 0.05) is 6.54 Å². The van der Waals surface area contributed by atoms with Gasteiger partial charge in [-0.05, 0) is 24.6 Å². The van der Waals surface area contributed by atoms with Crippen molar-refractivity contribution in [1.29, 1.82) is 0 Å². The van der Waals surface area contributed by atoms with Crippen LogP contribution in [0.5, 0.6) is 0 Å². The van der Waals surface area contributed by atoms with Gasteiger partial charge in [0.2, 0.25) is 0 Å². The van der Waals surface area contributed by atoms with Gasteiger partial charge in [-0.1, -0.05) is 0 Å². The summed E-state index contributed by atoms with van der Waals surface area (Å²) in [4.78, 5) is 14.4. The van der Waals surface area contributed by atoms with Gasteiger partial charge in [0.05, 0.1) is 11.3 Å². The highest BCUT2D eigenvalue weighted by atomic mass is 19.4. The van der Waals surface area contributed by atoms with Crippen LogP contribution in [0.25, 0.3) is 0 Å². The topological polar surface area (TPSA) is 62.2 Å². The normalized spacial score (nSPS) is 15.5. The van der Waals surface area contributed by atoms with E-state index in [2.05, 4.69) is 10.3 Å². The van der Waals surface area contributed by atoms with E-state index in [1.165, 1.54) is 0 Å². The average Bonchev–Trinajstić information content (AvgIpc) is 2.26. The molecule has 4 nitrogen and oxygen atoms in total. The number of rotatable bonds is 1. The summed E-state index contributed by atoms with van der Waals surface area (Å²) in [7, 11) is 0. The summed E-state index contributed by atoms with van der Waals surface area (Å²) in [6.07, 6.45) is -4.25. The van der Waals surface area contributed by atoms with Crippen LogP contribution in [0.3, 0.4) is 0 Å². The molecule has 0 saturated carbocycles. The molecule has 0 fully saturated rings. The smallest absolute Gasteiger partial charge is 0.433 e. The molecule has 2 heterocycles. The molecule has 0 radical (unpaired) electrons. The van der Waals surface area contributed by atoms with E-state index in [-0.39, 0.29) is 17.8 Å². The number of pyridine rings is 1. The molecule has 0 saturated heterocycles. The highest BCUT2D eigenvalue weighted by Gasteiger charge is 2.35. The molecule has 0 aliphatic carbocycles. The maximum absolute atomic E-state index is 12.5. The van der Waals surface area contributed by atoms with Crippen molar-refractivity contribution in [1.82, 2.24) is 10.3 Å². The lowest BCUT2D eigenvalue weighted by Crippen LogP contribution is -2.28. The van der Waals surface area contributed by atoms with Gasteiger partial charge >= 0.3 is 12.1 Å². The maximum Gasteiger partial charge on any atom is 0.433 e. The Kier molecular flexibility index (Phi) is 2.78. The van der Waals surface area contributed by atoms with E-state index in [0.717, 1.165) is 0 Å². The molecule has 2 rings (SSSR count). The van der Waals surface area contributed by atoms with E-state index in [4.69, 9.17) is 5.11 Å². The molecule has 17 heavy (non-hydrogen) atoms. The predicted octanol–water partition coefficient (Wildman–Crippen LogP) is 1.44. The fourth-order valence-corrected chi connectivity index (χ4v) is 1.81. The van der Waals surface area contributed by atoms with Crippen LogP contribution in [-0.4, -0.2) is 22.6 Å². The summed E-state index contributed by atoms with van der Waals surface area (Å²) in [5.74, 6) is -1.35. The van der Waals surface area contributed by atoms with E-state index in [1.807, 2.05) is 0 Å². The molecule has 0 bridgehead atoms. The lowest BCUT2D eigenvalue weighted by atomic mass is 9.99. The van der Waals surface area contributed by atoms with Crippen LogP contribution >= 0.6 is 0 Å². The van der Waals surface area contributed by atoms with E-state index < -0.39 is 17.8 Å². The number of carboxylic acid groups (broad SMARTS) is 1. The van der Waals surface area contributed by atoms with Gasteiger partial charge in [0.25, 0.3) is 0 Å². The van der Waals surface area contributed by atoms with Crippen LogP contribution in [0.1, 0.15) is 27.3 Å². The maximum atomic E-state index is 12.5. The predicted molar refractivity (Wildman–Crippen MR) is 51.6 cm³/mol. The van der Waals surface area contributed by atoms with Crippen molar-refractivity contribution in [2.75, 3.05) is 6.54 Å². The molecule has 0 amide bonds. The average molecular weight is 246 g/mol. The van der Waals surface area contributed by atoms with Crippen LogP contribution in [0.2, 0.25) is 0 Å². The van der Waals surface area contributed by atoms with Crippen molar-refractivity contribution in [3.05, 3.63) is 28.6 Å². The van der Waals surface area contributed by atoms with Gasteiger partial charge in [0.15, 0.2) is 0 Å². The standard InChI is InChI=1S/C10H9F3N2O2/c11-10(12,13)8-3-6(9(16)17)5-1-2-14-4-7(5)15-8/h3,14H,1-2,4H2,(H,16,17). The summed E-state index contributed by atoms with van der Waals surface area (Å²) >= 11 is 0. The van der Waals surface area contributed by atoms with Crippen molar-refractivity contribution in [3.63, 3.8) is 0 Å². The third kappa shape index (κ3) is 2.23. The zero-order valence-corrected chi connectivity index (χ0v) is 8.64. The van der Waals surface area contributed by atoms with Crippen molar-refractivity contribution in [2.24, 2.45) is 0 Å². The van der Waals surface area contributed by atoms with Crippen molar-refractivity contribution in [3.8, 4) is 0 Å². The molecular weight excluding hydrogens is 237 g/mol. The quantitative estimate of drug-likeness (QED) is 0.787. The molecule has 0 aromatic carbocycles. The first-order valence-electron chi connectivity index (χ1n) is 4.93. The zero-order valence-electron chi connectivity index (χ0n) is 8.64. The number of carbonyl (C=O) groups is 1. The van der Waals surface area contributed by atoms with Crippen LogP contribution in [0.15, 0.2) is 6.07 Å². The fourth-order valence-electron chi connectivity index (χ4n) is 1.81. The van der Waals surface area contributed by atoms with Crippen molar-refractivity contribution >= 4 is 5.97 Å². The SMILES string of the molecule is O=C(O)c1cc(C(F)(F)F)nc2c1CCNC2. The molecule has 1 aromatic rings. The fraction of sp³-hybridized carbons (Fsp3) is 0.400. The summed E-state index contributed by atoms with van der Waals surface area (Å²) < 4.78 is 37.6. The molecule has 0 spiro atoms. The van der Waals surface area contributed by atoms with Gasteiger partial charge in [-0.15, -0.1) is 0 Å². The second-order valence-corrected chi connectivity index (χ2v) is 3.71. The lowest BCUT2D eigenvalue weighted by molar-refractivity contribution is -0.141. The van der Waals surface area contributed by atoms with E-state index >= 15 is 0 Å². The number of nitrogens with zero attached hydrogens (tertiary/aromatic N) is 1. The Morgan fingerprint density at radius 1 is 1.47 bits per heavy atom. The molecule has 0 unspecified atom stereocenters. The van der Waals surface area contributed by atoms with Gasteiger partial charge < -0.3 is 10.4 Å². The molecule has 92 valence electrons. The van der Waals surface area contributed by atoms with Crippen LogP contribution < -0.4 is 5.32 Å². The number of fused-ring (bicyclic) bond motifs is 1. The molecule has 1 aliphatic rings. The molecule has 0 atom stereocenters. The number of aromatic carboxylic acids is 1. The number of nitrogens with one attached hydrogen (secondary N) is 1. The Morgan fingerprint density at radius 2 is 2.18 bits per heavy atom. The number of hydrogen-bond acceptors (Lipinski definition) is 3. The summed E-state index contributed by atoms with van der Waals surface area (Å²) in [5.41, 5.74) is -0.895. The molecule has 7 heteroatoms. The van der Waals surface area contributed by atoms with Crippen molar-refractivity contribution < 1.29 is 23.1 Å². The second-order valence-electron chi connectivity index (χ2n) is 3.71. The van der Waals surface area contributed by atoms with Gasteiger partial charge in [-0.2, -0.15) is 13.2 Å². The monoisotopic (exact) mass is 246 g/mol. The number of aromatic nitrogens is 1. The minimum atomic E-state index is -4.63. The first kappa shape index (κ1) is 11.8. The highest BCUT2D eigenvalue weighted by Crippen LogP contribution is 2.30. The van der Waals surface area contributed by atoms with Crippen LogP contribution in [-0.2, 0) is 19.1 Å². The Labute approximate surface area is 94.5 Å². The first-order valence-corrected chi connectivity index (χ1v) is 4.93. The van der Waals surface area contributed by atoms with Gasteiger partial charge in [0.1, 0.15) is 5.69 Å². The number of alkyl halides is 3. The van der Waals surface area contributed by atoms with Gasteiger partial charge in [-0.25, -0.2) is 9.78 Å². The first-order chi connectivity index (χ1) is 7.89. The Balaban J connectivity index is 2.60. The Hall–Kier alpha value is -1.63.